The van der Waals surface area contributed by atoms with E-state index in [1.165, 1.54) is 17.7 Å². The lowest BCUT2D eigenvalue weighted by Crippen LogP contribution is -2.10. The molecule has 0 spiro atoms. The molecule has 8 aromatic rings. The van der Waals surface area contributed by atoms with E-state index in [-0.39, 0.29) is 11.0 Å². The molecule has 0 bridgehead atoms. The first-order valence-corrected chi connectivity index (χ1v) is 16.8. The van der Waals surface area contributed by atoms with Gasteiger partial charge in [-0.1, -0.05) is 136 Å². The molecule has 6 aromatic carbocycles. The van der Waals surface area contributed by atoms with E-state index in [0.717, 1.165) is 39.0 Å². The largest absolute Gasteiger partial charge is 0.417 e. The molecule has 0 radical (unpaired) electrons. The number of hydrogen-bond acceptors (Lipinski definition) is 3. The number of alkyl halides is 3. The van der Waals surface area contributed by atoms with Crippen molar-refractivity contribution in [3.63, 3.8) is 0 Å². The molecule has 4 nitrogen and oxygen atoms in total. The average Bonchev–Trinajstić information content (AvgIpc) is 3.48. The number of fused-ring (bicyclic) bond motifs is 3. The summed E-state index contributed by atoms with van der Waals surface area (Å²) in [7, 11) is 0. The van der Waals surface area contributed by atoms with Crippen LogP contribution in [0.5, 0.6) is 0 Å². The van der Waals surface area contributed by atoms with Crippen molar-refractivity contribution in [2.24, 2.45) is 0 Å². The molecule has 2 heterocycles. The Morgan fingerprint density at radius 2 is 1.02 bits per heavy atom. The van der Waals surface area contributed by atoms with Crippen LogP contribution < -0.4 is 0 Å². The lowest BCUT2D eigenvalue weighted by Gasteiger charge is -2.20. The highest BCUT2D eigenvalue weighted by Crippen LogP contribution is 2.43. The third-order valence-corrected chi connectivity index (χ3v) is 9.26. The van der Waals surface area contributed by atoms with Gasteiger partial charge in [0.05, 0.1) is 22.3 Å². The van der Waals surface area contributed by atoms with E-state index in [1.54, 1.807) is 18.2 Å². The van der Waals surface area contributed by atoms with Gasteiger partial charge in [0.1, 0.15) is 0 Å². The molecule has 0 aliphatic rings. The molecule has 0 amide bonds. The van der Waals surface area contributed by atoms with Gasteiger partial charge in [0.25, 0.3) is 0 Å². The number of para-hydroxylation sites is 1. The molecule has 0 saturated carbocycles. The summed E-state index contributed by atoms with van der Waals surface area (Å²) < 4.78 is 45.8. The molecule has 2 aromatic heterocycles. The Bertz CT molecular complexity index is 2490. The van der Waals surface area contributed by atoms with E-state index in [2.05, 4.69) is 49.6 Å². The normalized spacial score (nSPS) is 12.1. The molecule has 0 aliphatic carbocycles. The topological polar surface area (TPSA) is 43.6 Å². The van der Waals surface area contributed by atoms with E-state index in [1.807, 2.05) is 84.9 Å². The average molecular weight is 675 g/mol. The molecular formula is C44H33F3N4. The Labute approximate surface area is 293 Å². The van der Waals surface area contributed by atoms with Crippen LogP contribution in [0.15, 0.2) is 146 Å². The molecule has 0 aliphatic heterocycles. The first-order chi connectivity index (χ1) is 24.6. The Hall–Kier alpha value is -6.08. The summed E-state index contributed by atoms with van der Waals surface area (Å²) in [6.07, 6.45) is -4.56. The maximum absolute atomic E-state index is 14.6. The maximum Gasteiger partial charge on any atom is 0.417 e. The van der Waals surface area contributed by atoms with Crippen LogP contribution in [-0.2, 0) is 11.6 Å². The van der Waals surface area contributed by atoms with E-state index in [9.17, 15) is 13.2 Å². The second-order valence-electron chi connectivity index (χ2n) is 13.6. The third-order valence-electron chi connectivity index (χ3n) is 9.26. The predicted molar refractivity (Wildman–Crippen MR) is 200 cm³/mol. The SMILES string of the molecule is CC(C)(C)c1ccc2c(c1)c1ccccc1n2-c1cc(-c2nc(-c3ccccc3)nc(-c3ccccc3)n2)ccc1-c1ccccc1C(F)(F)F. The highest BCUT2D eigenvalue weighted by Gasteiger charge is 2.34. The molecule has 7 heteroatoms. The fourth-order valence-corrected chi connectivity index (χ4v) is 6.69. The van der Waals surface area contributed by atoms with E-state index < -0.39 is 11.7 Å². The van der Waals surface area contributed by atoms with Crippen molar-refractivity contribution >= 4 is 21.8 Å². The van der Waals surface area contributed by atoms with Crippen LogP contribution in [0.1, 0.15) is 31.9 Å². The molecule has 51 heavy (non-hydrogen) atoms. The molecule has 8 rings (SSSR count). The van der Waals surface area contributed by atoms with Gasteiger partial charge in [-0.05, 0) is 46.9 Å². The number of benzene rings is 6. The summed E-state index contributed by atoms with van der Waals surface area (Å²) in [5, 5.41) is 2.04. The lowest BCUT2D eigenvalue weighted by atomic mass is 9.86. The maximum atomic E-state index is 14.6. The lowest BCUT2D eigenvalue weighted by molar-refractivity contribution is -0.137. The first-order valence-electron chi connectivity index (χ1n) is 16.8. The molecule has 0 saturated heterocycles. The Balaban J connectivity index is 1.44. The van der Waals surface area contributed by atoms with Crippen molar-refractivity contribution in [2.45, 2.75) is 32.4 Å². The van der Waals surface area contributed by atoms with Crippen LogP contribution in [-0.4, -0.2) is 19.5 Å². The van der Waals surface area contributed by atoms with Crippen molar-refractivity contribution in [3.8, 4) is 51.0 Å². The van der Waals surface area contributed by atoms with E-state index in [0.29, 0.717) is 34.3 Å². The van der Waals surface area contributed by atoms with Crippen LogP contribution in [0.2, 0.25) is 0 Å². The van der Waals surface area contributed by atoms with Crippen LogP contribution in [0, 0.1) is 0 Å². The summed E-state index contributed by atoms with van der Waals surface area (Å²) in [5.74, 6) is 1.41. The van der Waals surface area contributed by atoms with Gasteiger partial charge in [0.2, 0.25) is 0 Å². The van der Waals surface area contributed by atoms with Crippen LogP contribution in [0.3, 0.4) is 0 Å². The van der Waals surface area contributed by atoms with Gasteiger partial charge in [-0.15, -0.1) is 0 Å². The summed E-state index contributed by atoms with van der Waals surface area (Å²) in [6, 6.07) is 45.0. The quantitative estimate of drug-likeness (QED) is 0.182. The predicted octanol–water partition coefficient (Wildman–Crippen LogP) is 12.0. The highest BCUT2D eigenvalue weighted by molar-refractivity contribution is 6.10. The van der Waals surface area contributed by atoms with Gasteiger partial charge in [0, 0.05) is 33.0 Å². The summed E-state index contributed by atoms with van der Waals surface area (Å²) in [5.41, 5.74) is 5.55. The smallest absolute Gasteiger partial charge is 0.309 e. The fraction of sp³-hybridized carbons (Fsp3) is 0.114. The number of rotatable bonds is 5. The van der Waals surface area contributed by atoms with Gasteiger partial charge < -0.3 is 4.57 Å². The Morgan fingerprint density at radius 1 is 0.471 bits per heavy atom. The molecule has 0 N–H and O–H groups in total. The second-order valence-corrected chi connectivity index (χ2v) is 13.6. The number of aromatic nitrogens is 4. The molecule has 250 valence electrons. The zero-order valence-corrected chi connectivity index (χ0v) is 28.3. The molecule has 0 fully saturated rings. The first kappa shape index (κ1) is 32.1. The van der Waals surface area contributed by atoms with Gasteiger partial charge in [-0.25, -0.2) is 15.0 Å². The molecular weight excluding hydrogens is 642 g/mol. The minimum absolute atomic E-state index is 0.0920. The van der Waals surface area contributed by atoms with Gasteiger partial charge in [0.15, 0.2) is 17.5 Å². The van der Waals surface area contributed by atoms with Crippen molar-refractivity contribution in [2.75, 3.05) is 0 Å². The Kier molecular flexibility index (Phi) is 7.79. The molecule has 0 atom stereocenters. The van der Waals surface area contributed by atoms with Crippen molar-refractivity contribution < 1.29 is 13.2 Å². The number of hydrogen-bond donors (Lipinski definition) is 0. The minimum Gasteiger partial charge on any atom is -0.309 e. The van der Waals surface area contributed by atoms with Crippen LogP contribution >= 0.6 is 0 Å². The van der Waals surface area contributed by atoms with Crippen LogP contribution in [0.25, 0.3) is 72.8 Å². The second kappa shape index (κ2) is 12.4. The van der Waals surface area contributed by atoms with E-state index >= 15 is 0 Å². The monoisotopic (exact) mass is 674 g/mol. The third kappa shape index (κ3) is 5.95. The zero-order valence-electron chi connectivity index (χ0n) is 28.3. The Morgan fingerprint density at radius 3 is 1.65 bits per heavy atom. The standard InChI is InChI=1S/C44H33F3N4/c1-43(2,3)31-23-25-38-35(27-31)33-19-11-13-21-37(33)51(38)39-26-30(22-24-34(39)32-18-10-12-20-36(32)44(45,46)47)42-49-40(28-14-6-4-7-15-28)48-41(50-42)29-16-8-5-9-17-29/h4-27H,1-3H3. The van der Waals surface area contributed by atoms with Gasteiger partial charge >= 0.3 is 6.18 Å². The van der Waals surface area contributed by atoms with Crippen molar-refractivity contribution in [1.29, 1.82) is 0 Å². The van der Waals surface area contributed by atoms with Crippen molar-refractivity contribution in [3.05, 3.63) is 157 Å². The number of nitrogens with zero attached hydrogens (tertiary/aromatic N) is 4. The highest BCUT2D eigenvalue weighted by atomic mass is 19.4. The summed E-state index contributed by atoms with van der Waals surface area (Å²) in [4.78, 5) is 14.7. The van der Waals surface area contributed by atoms with Crippen molar-refractivity contribution in [1.82, 2.24) is 19.5 Å². The summed E-state index contributed by atoms with van der Waals surface area (Å²) >= 11 is 0. The van der Waals surface area contributed by atoms with Gasteiger partial charge in [-0.3, -0.25) is 0 Å². The van der Waals surface area contributed by atoms with Crippen LogP contribution in [0.4, 0.5) is 13.2 Å². The molecule has 0 unspecified atom stereocenters. The minimum atomic E-state index is -4.56. The van der Waals surface area contributed by atoms with Gasteiger partial charge in [-0.2, -0.15) is 13.2 Å². The zero-order chi connectivity index (χ0) is 35.3. The number of halogens is 3. The summed E-state index contributed by atoms with van der Waals surface area (Å²) in [6.45, 7) is 6.52. The van der Waals surface area contributed by atoms with E-state index in [4.69, 9.17) is 15.0 Å². The fourth-order valence-electron chi connectivity index (χ4n) is 6.69.